The van der Waals surface area contributed by atoms with Crippen LogP contribution in [0.2, 0.25) is 0 Å². The van der Waals surface area contributed by atoms with E-state index in [1.54, 1.807) is 22.3 Å². The monoisotopic (exact) mass is 576 g/mol. The molecule has 2 nitrogen and oxygen atoms in total. The molecule has 42 heavy (non-hydrogen) atoms. The molecule has 2 aliphatic rings. The Hall–Kier alpha value is -1.96. The largest absolute Gasteiger partial charge is 0.151 e. The van der Waals surface area contributed by atoms with E-state index in [2.05, 4.69) is 98.7 Å². The molecule has 0 saturated carbocycles. The predicted octanol–water partition coefficient (Wildman–Crippen LogP) is 13.5. The third-order valence-electron chi connectivity index (χ3n) is 10.2. The first-order chi connectivity index (χ1) is 19.7. The topological polar surface area (TPSA) is 29.4 Å². The van der Waals surface area contributed by atoms with Gasteiger partial charge in [0.05, 0.1) is 6.04 Å². The average Bonchev–Trinajstić information content (AvgIpc) is 2.89. The Morgan fingerprint density at radius 1 is 0.690 bits per heavy atom. The van der Waals surface area contributed by atoms with Crippen molar-refractivity contribution in [3.8, 4) is 0 Å². The van der Waals surface area contributed by atoms with Crippen molar-refractivity contribution in [2.24, 2.45) is 16.0 Å². The van der Waals surface area contributed by atoms with Gasteiger partial charge in [0.2, 0.25) is 0 Å². The minimum atomic E-state index is -0.0440. The van der Waals surface area contributed by atoms with Crippen LogP contribution in [0.1, 0.15) is 166 Å². The van der Waals surface area contributed by atoms with Crippen LogP contribution in [0.25, 0.3) is 0 Å². The van der Waals surface area contributed by atoms with Crippen LogP contribution >= 0.6 is 0 Å². The highest BCUT2D eigenvalue weighted by atomic mass is 16.3. The first-order valence-corrected chi connectivity index (χ1v) is 17.1. The first kappa shape index (κ1) is 36.2. The Labute approximate surface area is 261 Å². The molecule has 0 fully saturated rings. The molecule has 0 unspecified atom stereocenters. The lowest BCUT2D eigenvalue weighted by molar-refractivity contribution is 0.325. The number of allylic oxidation sites excluding steroid dienone is 11. The molecule has 0 radical (unpaired) electrons. The second kappa shape index (κ2) is 17.4. The zero-order valence-electron chi connectivity index (χ0n) is 29.3. The van der Waals surface area contributed by atoms with Crippen LogP contribution in [-0.4, -0.2) is 6.04 Å². The Kier molecular flexibility index (Phi) is 15.0. The van der Waals surface area contributed by atoms with Crippen molar-refractivity contribution < 1.29 is 0 Å². The number of rotatable bonds is 16. The summed E-state index contributed by atoms with van der Waals surface area (Å²) in [4.78, 5) is 11.1. The van der Waals surface area contributed by atoms with Crippen LogP contribution in [0.3, 0.4) is 0 Å². The van der Waals surface area contributed by atoms with Crippen molar-refractivity contribution in [3.63, 3.8) is 0 Å². The Bertz CT molecular complexity index is 1080. The molecule has 0 spiro atoms. The predicted molar refractivity (Wildman–Crippen MR) is 187 cm³/mol. The lowest BCUT2D eigenvalue weighted by Gasteiger charge is -2.36. The number of unbranched alkanes of at least 4 members (excludes halogenated alkanes) is 1. The zero-order valence-corrected chi connectivity index (χ0v) is 29.3. The van der Waals surface area contributed by atoms with Crippen molar-refractivity contribution >= 4 is 0 Å². The molecule has 0 aromatic rings. The molecule has 0 bridgehead atoms. The van der Waals surface area contributed by atoms with Gasteiger partial charge in [-0.05, 0) is 149 Å². The Morgan fingerprint density at radius 2 is 1.14 bits per heavy atom. The molecule has 0 heterocycles. The van der Waals surface area contributed by atoms with Crippen molar-refractivity contribution in [2.75, 3.05) is 0 Å². The number of hydrogen-bond acceptors (Lipinski definition) is 2. The van der Waals surface area contributed by atoms with Crippen LogP contribution in [0, 0.1) is 15.7 Å². The molecule has 0 saturated heterocycles. The summed E-state index contributed by atoms with van der Waals surface area (Å²) < 4.78 is 0. The van der Waals surface area contributed by atoms with Crippen LogP contribution < -0.4 is 0 Å². The highest BCUT2D eigenvalue weighted by molar-refractivity contribution is 5.26. The van der Waals surface area contributed by atoms with E-state index in [9.17, 15) is 4.91 Å². The summed E-state index contributed by atoms with van der Waals surface area (Å²) >= 11 is 0. The summed E-state index contributed by atoms with van der Waals surface area (Å²) in [5.74, 6) is 0. The van der Waals surface area contributed by atoms with Gasteiger partial charge in [0.1, 0.15) is 0 Å². The minimum Gasteiger partial charge on any atom is -0.151 e. The van der Waals surface area contributed by atoms with Gasteiger partial charge in [-0.3, -0.25) is 0 Å². The summed E-state index contributed by atoms with van der Waals surface area (Å²) in [5.41, 5.74) is 12.9. The number of nitroso groups, excluding NO2 is 1. The summed E-state index contributed by atoms with van der Waals surface area (Å²) in [6, 6.07) is -0.0440. The fourth-order valence-corrected chi connectivity index (χ4v) is 7.50. The smallest absolute Gasteiger partial charge is 0.0964 e. The molecular weight excluding hydrogens is 510 g/mol. The van der Waals surface area contributed by atoms with Crippen LogP contribution in [0.15, 0.2) is 74.1 Å². The van der Waals surface area contributed by atoms with E-state index >= 15 is 0 Å². The van der Waals surface area contributed by atoms with E-state index in [1.807, 2.05) is 0 Å². The Balaban J connectivity index is 1.67. The Morgan fingerprint density at radius 3 is 1.60 bits per heavy atom. The van der Waals surface area contributed by atoms with Gasteiger partial charge < -0.3 is 0 Å². The molecule has 2 rings (SSSR count). The van der Waals surface area contributed by atoms with Crippen LogP contribution in [-0.2, 0) is 0 Å². The molecule has 236 valence electrons. The van der Waals surface area contributed by atoms with Crippen LogP contribution in [0.4, 0.5) is 0 Å². The molecule has 1 atom stereocenters. The highest BCUT2D eigenvalue weighted by Crippen LogP contribution is 2.44. The third-order valence-corrected chi connectivity index (χ3v) is 10.2. The summed E-state index contributed by atoms with van der Waals surface area (Å²) in [6.45, 7) is 23.2. The molecule has 2 heteroatoms. The molecule has 0 N–H and O–H groups in total. The second-order valence-electron chi connectivity index (χ2n) is 15.2. The molecule has 0 aliphatic heterocycles. The van der Waals surface area contributed by atoms with Crippen molar-refractivity contribution in [1.29, 1.82) is 0 Å². The molecule has 2 aliphatic carbocycles. The maximum absolute atomic E-state index is 11.1. The van der Waals surface area contributed by atoms with E-state index < -0.39 is 0 Å². The lowest BCUT2D eigenvalue weighted by atomic mass is 9.69. The third kappa shape index (κ3) is 12.3. The van der Waals surface area contributed by atoms with E-state index in [1.165, 1.54) is 67.2 Å². The first-order valence-electron chi connectivity index (χ1n) is 17.1. The number of nitrogens with zero attached hydrogens (tertiary/aromatic N) is 1. The highest BCUT2D eigenvalue weighted by Gasteiger charge is 2.33. The second-order valence-corrected chi connectivity index (χ2v) is 15.2. The SMILES string of the molecule is CC1=C(CC/C(C)=C/CC/C(C)=C/CC/C=C(\C)CC/C=C(\C)CCC2=C(C)C[C@@H](N=O)CC2(C)C)C(C)(C)CCC1. The van der Waals surface area contributed by atoms with Gasteiger partial charge in [-0.2, -0.15) is 4.91 Å². The van der Waals surface area contributed by atoms with Gasteiger partial charge in [-0.15, -0.1) is 0 Å². The average molecular weight is 576 g/mol. The van der Waals surface area contributed by atoms with Crippen molar-refractivity contribution in [2.45, 2.75) is 172 Å². The van der Waals surface area contributed by atoms with E-state index in [0.29, 0.717) is 5.41 Å². The fourth-order valence-electron chi connectivity index (χ4n) is 7.50. The van der Waals surface area contributed by atoms with Gasteiger partial charge in [0, 0.05) is 0 Å². The number of hydrogen-bond donors (Lipinski definition) is 0. The standard InChI is InChI=1S/C40H65NO/c1-30(18-13-20-32(3)23-25-37-34(5)22-15-27-39(37,7)8)16-11-12-17-31(2)19-14-21-33(4)24-26-38-35(6)28-36(41-42)29-40(38,9)10/h16-17,20-21,36H,11-15,18-19,22-29H2,1-10H3/b30-16+,31-17+,32-20+,33-21+/t36-/m1/s1. The van der Waals surface area contributed by atoms with E-state index in [4.69, 9.17) is 0 Å². The quantitative estimate of drug-likeness (QED) is 0.102. The minimum absolute atomic E-state index is 0.0440. The summed E-state index contributed by atoms with van der Waals surface area (Å²) in [7, 11) is 0. The maximum Gasteiger partial charge on any atom is 0.0964 e. The molecule has 0 aromatic heterocycles. The summed E-state index contributed by atoms with van der Waals surface area (Å²) in [5, 5.41) is 3.35. The van der Waals surface area contributed by atoms with Gasteiger partial charge in [0.25, 0.3) is 0 Å². The maximum atomic E-state index is 11.1. The van der Waals surface area contributed by atoms with Crippen LogP contribution in [0.5, 0.6) is 0 Å². The van der Waals surface area contributed by atoms with Gasteiger partial charge in [0.15, 0.2) is 0 Å². The zero-order chi connectivity index (χ0) is 31.3. The molecule has 0 aromatic carbocycles. The fraction of sp³-hybridized carbons (Fsp3) is 0.700. The van der Waals surface area contributed by atoms with Gasteiger partial charge in [-0.25, -0.2) is 0 Å². The molecule has 0 amide bonds. The van der Waals surface area contributed by atoms with Gasteiger partial charge in [-0.1, -0.05) is 102 Å². The summed E-state index contributed by atoms with van der Waals surface area (Å²) in [6.07, 6.45) is 27.2. The van der Waals surface area contributed by atoms with Crippen molar-refractivity contribution in [1.82, 2.24) is 0 Å². The molecular formula is C40H65NO. The van der Waals surface area contributed by atoms with Gasteiger partial charge >= 0.3 is 0 Å². The van der Waals surface area contributed by atoms with E-state index in [-0.39, 0.29) is 11.5 Å². The van der Waals surface area contributed by atoms with E-state index in [0.717, 1.165) is 51.4 Å². The van der Waals surface area contributed by atoms with Crippen molar-refractivity contribution in [3.05, 3.63) is 73.8 Å². The lowest BCUT2D eigenvalue weighted by Crippen LogP contribution is -2.28. The normalized spacial score (nSPS) is 22.2.